The van der Waals surface area contributed by atoms with Crippen molar-refractivity contribution >= 4 is 11.9 Å². The number of rotatable bonds is 13. The van der Waals surface area contributed by atoms with Crippen molar-refractivity contribution in [2.45, 2.75) is 78.1 Å². The highest BCUT2D eigenvalue weighted by Gasteiger charge is 2.04. The summed E-state index contributed by atoms with van der Waals surface area (Å²) in [7, 11) is 0. The number of hydrogen-bond donors (Lipinski definition) is 1. The van der Waals surface area contributed by atoms with E-state index in [0.717, 1.165) is 18.8 Å². The summed E-state index contributed by atoms with van der Waals surface area (Å²) in [5.74, 6) is -0.339. The molecule has 0 bridgehead atoms. The summed E-state index contributed by atoms with van der Waals surface area (Å²) in [5, 5.41) is 8.44. The van der Waals surface area contributed by atoms with Crippen LogP contribution in [0.4, 0.5) is 0 Å². The third-order valence-electron chi connectivity index (χ3n) is 3.21. The molecule has 0 aliphatic rings. The lowest BCUT2D eigenvalue weighted by atomic mass is 10.0. The van der Waals surface area contributed by atoms with Gasteiger partial charge < -0.3 is 9.84 Å². The highest BCUT2D eigenvalue weighted by molar-refractivity contribution is 5.71. The van der Waals surface area contributed by atoms with Gasteiger partial charge in [-0.2, -0.15) is 0 Å². The van der Waals surface area contributed by atoms with Gasteiger partial charge in [0.2, 0.25) is 0 Å². The summed E-state index contributed by atoms with van der Waals surface area (Å²) >= 11 is 0. The van der Waals surface area contributed by atoms with E-state index in [1.54, 1.807) is 0 Å². The second-order valence-electron chi connectivity index (χ2n) is 5.77. The molecule has 118 valence electrons. The van der Waals surface area contributed by atoms with Crippen molar-refractivity contribution in [3.05, 3.63) is 0 Å². The molecule has 0 aliphatic heterocycles. The van der Waals surface area contributed by atoms with E-state index < -0.39 is 5.97 Å². The molecule has 0 aliphatic carbocycles. The number of carbonyl (C=O) groups excluding carboxylic acids is 1. The lowest BCUT2D eigenvalue weighted by molar-refractivity contribution is -0.144. The Labute approximate surface area is 122 Å². The number of carboxylic acid groups (broad SMARTS) is 1. The molecule has 4 heteroatoms. The zero-order valence-electron chi connectivity index (χ0n) is 13.0. The van der Waals surface area contributed by atoms with E-state index in [-0.39, 0.29) is 18.8 Å². The maximum absolute atomic E-state index is 11.2. The summed E-state index contributed by atoms with van der Waals surface area (Å²) in [4.78, 5) is 21.5. The number of ether oxygens (including phenoxy) is 1. The fourth-order valence-corrected chi connectivity index (χ4v) is 2.00. The van der Waals surface area contributed by atoms with Gasteiger partial charge in [-0.1, -0.05) is 52.4 Å². The summed E-state index contributed by atoms with van der Waals surface area (Å²) < 4.78 is 5.05. The average molecular weight is 286 g/mol. The predicted molar refractivity (Wildman–Crippen MR) is 79.6 cm³/mol. The molecule has 0 spiro atoms. The molecule has 0 aromatic rings. The first-order valence-electron chi connectivity index (χ1n) is 7.89. The van der Waals surface area contributed by atoms with Crippen molar-refractivity contribution in [3.63, 3.8) is 0 Å². The van der Waals surface area contributed by atoms with E-state index in [2.05, 4.69) is 13.8 Å². The Hall–Kier alpha value is -1.06. The summed E-state index contributed by atoms with van der Waals surface area (Å²) in [6.07, 6.45) is 9.02. The molecule has 0 saturated carbocycles. The standard InChI is InChI=1S/C16H30O4/c1-14(2)10-7-5-3-4-6-8-13-20-16(19)12-9-11-15(17)18/h14H,3-13H2,1-2H3,(H,17,18). The Morgan fingerprint density at radius 2 is 1.50 bits per heavy atom. The normalized spacial score (nSPS) is 10.8. The van der Waals surface area contributed by atoms with Crippen LogP contribution in [0.3, 0.4) is 0 Å². The van der Waals surface area contributed by atoms with Crippen molar-refractivity contribution in [1.29, 1.82) is 0 Å². The van der Waals surface area contributed by atoms with Gasteiger partial charge in [0.15, 0.2) is 0 Å². The molecule has 1 N–H and O–H groups in total. The van der Waals surface area contributed by atoms with E-state index in [0.29, 0.717) is 13.0 Å². The van der Waals surface area contributed by atoms with Crippen molar-refractivity contribution in [1.82, 2.24) is 0 Å². The van der Waals surface area contributed by atoms with Gasteiger partial charge in [0.05, 0.1) is 6.61 Å². The second-order valence-corrected chi connectivity index (χ2v) is 5.77. The van der Waals surface area contributed by atoms with Gasteiger partial charge in [-0.3, -0.25) is 9.59 Å². The molecule has 0 aromatic carbocycles. The molecular weight excluding hydrogens is 256 g/mol. The molecule has 0 aromatic heterocycles. The monoisotopic (exact) mass is 286 g/mol. The van der Waals surface area contributed by atoms with Gasteiger partial charge in [-0.25, -0.2) is 0 Å². The van der Waals surface area contributed by atoms with Crippen LogP contribution in [0.25, 0.3) is 0 Å². The van der Waals surface area contributed by atoms with Crippen LogP contribution in [0.15, 0.2) is 0 Å². The summed E-state index contributed by atoms with van der Waals surface area (Å²) in [6, 6.07) is 0. The van der Waals surface area contributed by atoms with E-state index >= 15 is 0 Å². The zero-order valence-corrected chi connectivity index (χ0v) is 13.0. The van der Waals surface area contributed by atoms with Crippen LogP contribution >= 0.6 is 0 Å². The Balaban J connectivity index is 3.19. The van der Waals surface area contributed by atoms with Crippen LogP contribution < -0.4 is 0 Å². The first kappa shape index (κ1) is 18.9. The maximum atomic E-state index is 11.2. The molecule has 0 unspecified atom stereocenters. The van der Waals surface area contributed by atoms with Crippen LogP contribution in [-0.2, 0) is 14.3 Å². The minimum Gasteiger partial charge on any atom is -0.481 e. The molecule has 0 rings (SSSR count). The molecular formula is C16H30O4. The SMILES string of the molecule is CC(C)CCCCCCCCOC(=O)CCCC(=O)O. The van der Waals surface area contributed by atoms with Crippen molar-refractivity contribution < 1.29 is 19.4 Å². The molecule has 0 saturated heterocycles. The largest absolute Gasteiger partial charge is 0.481 e. The molecule has 4 nitrogen and oxygen atoms in total. The Bertz CT molecular complexity index is 261. The van der Waals surface area contributed by atoms with Crippen molar-refractivity contribution in [3.8, 4) is 0 Å². The van der Waals surface area contributed by atoms with Gasteiger partial charge in [0.1, 0.15) is 0 Å². The number of carbonyl (C=O) groups is 2. The maximum Gasteiger partial charge on any atom is 0.305 e. The molecule has 0 amide bonds. The van der Waals surface area contributed by atoms with Crippen LogP contribution in [-0.4, -0.2) is 23.7 Å². The third-order valence-corrected chi connectivity index (χ3v) is 3.21. The predicted octanol–water partition coefficient (Wildman–Crippen LogP) is 4.17. The number of unbranched alkanes of at least 4 members (excludes halogenated alkanes) is 5. The quantitative estimate of drug-likeness (QED) is 0.407. The zero-order chi connectivity index (χ0) is 15.2. The molecule has 0 radical (unpaired) electrons. The lowest BCUT2D eigenvalue weighted by Gasteiger charge is -2.05. The first-order chi connectivity index (χ1) is 9.52. The number of esters is 1. The Kier molecular flexibility index (Phi) is 12.3. The van der Waals surface area contributed by atoms with Crippen LogP contribution in [0.5, 0.6) is 0 Å². The average Bonchev–Trinajstić information content (AvgIpc) is 2.36. The van der Waals surface area contributed by atoms with Gasteiger partial charge in [0, 0.05) is 12.8 Å². The van der Waals surface area contributed by atoms with E-state index in [4.69, 9.17) is 9.84 Å². The molecule has 0 atom stereocenters. The number of hydrogen-bond acceptors (Lipinski definition) is 3. The Morgan fingerprint density at radius 3 is 2.10 bits per heavy atom. The fourth-order valence-electron chi connectivity index (χ4n) is 2.00. The van der Waals surface area contributed by atoms with E-state index in [9.17, 15) is 9.59 Å². The minimum absolute atomic E-state index is 0.0332. The van der Waals surface area contributed by atoms with Gasteiger partial charge in [-0.15, -0.1) is 0 Å². The van der Waals surface area contributed by atoms with Gasteiger partial charge in [0.25, 0.3) is 0 Å². The molecule has 0 heterocycles. The summed E-state index contributed by atoms with van der Waals surface area (Å²) in [5.41, 5.74) is 0. The first-order valence-corrected chi connectivity index (χ1v) is 7.89. The van der Waals surface area contributed by atoms with Crippen molar-refractivity contribution in [2.24, 2.45) is 5.92 Å². The highest BCUT2D eigenvalue weighted by Crippen LogP contribution is 2.11. The van der Waals surface area contributed by atoms with Gasteiger partial charge >= 0.3 is 11.9 Å². The van der Waals surface area contributed by atoms with Crippen LogP contribution in [0.2, 0.25) is 0 Å². The molecule has 0 fully saturated rings. The van der Waals surface area contributed by atoms with Crippen LogP contribution in [0.1, 0.15) is 78.1 Å². The topological polar surface area (TPSA) is 63.6 Å². The fraction of sp³-hybridized carbons (Fsp3) is 0.875. The highest BCUT2D eigenvalue weighted by atomic mass is 16.5. The minimum atomic E-state index is -0.865. The van der Waals surface area contributed by atoms with E-state index in [1.165, 1.54) is 32.1 Å². The third kappa shape index (κ3) is 15.0. The van der Waals surface area contributed by atoms with E-state index in [1.807, 2.05) is 0 Å². The lowest BCUT2D eigenvalue weighted by Crippen LogP contribution is -2.06. The molecule has 20 heavy (non-hydrogen) atoms. The van der Waals surface area contributed by atoms with Gasteiger partial charge in [-0.05, 0) is 18.8 Å². The Morgan fingerprint density at radius 1 is 0.900 bits per heavy atom. The number of carboxylic acids is 1. The number of aliphatic carboxylic acids is 1. The smallest absolute Gasteiger partial charge is 0.305 e. The summed E-state index contributed by atoms with van der Waals surface area (Å²) in [6.45, 7) is 4.98. The van der Waals surface area contributed by atoms with Crippen LogP contribution in [0, 0.1) is 5.92 Å². The second kappa shape index (κ2) is 12.9. The van der Waals surface area contributed by atoms with Crippen molar-refractivity contribution in [2.75, 3.05) is 6.61 Å².